The van der Waals surface area contributed by atoms with Crippen molar-refractivity contribution in [2.75, 3.05) is 0 Å². The first-order valence-electron chi connectivity index (χ1n) is 7.17. The summed E-state index contributed by atoms with van der Waals surface area (Å²) in [5.74, 6) is 0.262. The lowest BCUT2D eigenvalue weighted by Crippen LogP contribution is -2.53. The van der Waals surface area contributed by atoms with Crippen molar-refractivity contribution in [2.24, 2.45) is 16.7 Å². The van der Waals surface area contributed by atoms with Crippen LogP contribution in [0.1, 0.15) is 54.4 Å². The molecule has 4 unspecified atom stereocenters. The Hall–Kier alpha value is -0.770. The number of hydrogen-bond donors (Lipinski definition) is 2. The summed E-state index contributed by atoms with van der Waals surface area (Å²) in [4.78, 5) is 11.9. The number of aliphatic hydroxyl groups is 1. The fraction of sp³-hybridized carbons (Fsp3) is 0.933. The zero-order chi connectivity index (χ0) is 14.6. The van der Waals surface area contributed by atoms with E-state index in [1.54, 1.807) is 0 Å². The molecule has 0 radical (unpaired) electrons. The van der Waals surface area contributed by atoms with Gasteiger partial charge >= 0.3 is 6.09 Å². The molecule has 4 heteroatoms. The van der Waals surface area contributed by atoms with Gasteiger partial charge < -0.3 is 15.2 Å². The summed E-state index contributed by atoms with van der Waals surface area (Å²) in [5.41, 5.74) is -0.525. The Kier molecular flexibility index (Phi) is 3.17. The number of rotatable bonds is 1. The lowest BCUT2D eigenvalue weighted by atomic mass is 9.69. The van der Waals surface area contributed by atoms with Gasteiger partial charge in [0.05, 0.1) is 12.1 Å². The van der Waals surface area contributed by atoms with E-state index in [0.29, 0.717) is 0 Å². The van der Waals surface area contributed by atoms with E-state index >= 15 is 0 Å². The molecule has 0 aromatic rings. The van der Waals surface area contributed by atoms with Gasteiger partial charge in [0.25, 0.3) is 0 Å². The minimum atomic E-state index is -0.511. The number of ether oxygens (including phenoxy) is 1. The molecule has 0 heterocycles. The van der Waals surface area contributed by atoms with Crippen LogP contribution >= 0.6 is 0 Å². The fourth-order valence-corrected chi connectivity index (χ4v) is 4.00. The quantitative estimate of drug-likeness (QED) is 0.769. The minimum Gasteiger partial charge on any atom is -0.444 e. The second-order valence-electron chi connectivity index (χ2n) is 7.90. The van der Waals surface area contributed by atoms with E-state index in [1.807, 2.05) is 20.8 Å². The van der Waals surface area contributed by atoms with Crippen molar-refractivity contribution in [3.63, 3.8) is 0 Å². The minimum absolute atomic E-state index is 0.0477. The first-order chi connectivity index (χ1) is 8.49. The topological polar surface area (TPSA) is 58.6 Å². The highest BCUT2D eigenvalue weighted by molar-refractivity contribution is 5.68. The van der Waals surface area contributed by atoms with Crippen LogP contribution in [0, 0.1) is 16.7 Å². The van der Waals surface area contributed by atoms with Gasteiger partial charge in [0.2, 0.25) is 0 Å². The maximum Gasteiger partial charge on any atom is 0.407 e. The molecule has 0 aromatic carbocycles. The number of fused-ring (bicyclic) bond motifs is 2. The number of alkyl carbamates (subject to hydrolysis) is 1. The zero-order valence-electron chi connectivity index (χ0n) is 12.9. The Labute approximate surface area is 115 Å². The molecule has 1 amide bonds. The SMILES string of the molecule is CC(C)(C)OC(=O)NC1C(O)C2CCC1(C)C2(C)C. The molecule has 4 atom stereocenters. The van der Waals surface area contributed by atoms with Gasteiger partial charge in [-0.3, -0.25) is 0 Å². The molecule has 0 aromatic heterocycles. The van der Waals surface area contributed by atoms with Gasteiger partial charge in [-0.25, -0.2) is 4.79 Å². The number of hydrogen-bond acceptors (Lipinski definition) is 3. The predicted molar refractivity (Wildman–Crippen MR) is 73.8 cm³/mol. The molecular formula is C15H27NO3. The summed E-state index contributed by atoms with van der Waals surface area (Å²) in [6.45, 7) is 12.1. The molecule has 0 spiro atoms. The van der Waals surface area contributed by atoms with Crippen LogP contribution in [0.5, 0.6) is 0 Å². The number of carbonyl (C=O) groups is 1. The third kappa shape index (κ3) is 2.14. The van der Waals surface area contributed by atoms with Crippen LogP contribution in [0.2, 0.25) is 0 Å². The van der Waals surface area contributed by atoms with Gasteiger partial charge in [0.15, 0.2) is 0 Å². The molecule has 2 aliphatic rings. The van der Waals surface area contributed by atoms with E-state index in [-0.39, 0.29) is 22.8 Å². The molecular weight excluding hydrogens is 242 g/mol. The van der Waals surface area contributed by atoms with E-state index in [9.17, 15) is 9.90 Å². The molecule has 2 rings (SSSR count). The second kappa shape index (κ2) is 4.11. The van der Waals surface area contributed by atoms with Gasteiger partial charge in [0, 0.05) is 0 Å². The van der Waals surface area contributed by atoms with E-state index < -0.39 is 17.8 Å². The smallest absolute Gasteiger partial charge is 0.407 e. The molecule has 4 nitrogen and oxygen atoms in total. The van der Waals surface area contributed by atoms with Crippen molar-refractivity contribution in [3.8, 4) is 0 Å². The van der Waals surface area contributed by atoms with Gasteiger partial charge in [-0.15, -0.1) is 0 Å². The van der Waals surface area contributed by atoms with Gasteiger partial charge in [0.1, 0.15) is 5.60 Å². The molecule has 0 aliphatic heterocycles. The van der Waals surface area contributed by atoms with Crippen molar-refractivity contribution in [1.29, 1.82) is 0 Å². The monoisotopic (exact) mass is 269 g/mol. The van der Waals surface area contributed by atoms with Crippen LogP contribution in [0.3, 0.4) is 0 Å². The molecule has 2 aliphatic carbocycles. The lowest BCUT2D eigenvalue weighted by molar-refractivity contribution is 0.0237. The van der Waals surface area contributed by atoms with Crippen LogP contribution in [0.15, 0.2) is 0 Å². The van der Waals surface area contributed by atoms with E-state index in [4.69, 9.17) is 4.74 Å². The van der Waals surface area contributed by atoms with Gasteiger partial charge in [-0.1, -0.05) is 20.8 Å². The summed E-state index contributed by atoms with van der Waals surface area (Å²) < 4.78 is 5.31. The third-order valence-corrected chi connectivity index (χ3v) is 5.49. The maximum atomic E-state index is 11.9. The predicted octanol–water partition coefficient (Wildman–Crippen LogP) is 2.70. The zero-order valence-corrected chi connectivity index (χ0v) is 12.9. The first kappa shape index (κ1) is 14.6. The summed E-state index contributed by atoms with van der Waals surface area (Å²) in [6, 6.07) is -0.212. The van der Waals surface area contributed by atoms with Gasteiger partial charge in [-0.05, 0) is 50.4 Å². The molecule has 0 saturated heterocycles. The summed E-state index contributed by atoms with van der Waals surface area (Å²) >= 11 is 0. The molecule has 110 valence electrons. The number of carbonyl (C=O) groups excluding carboxylic acids is 1. The molecule has 2 bridgehead atoms. The van der Waals surface area contributed by atoms with Crippen molar-refractivity contribution >= 4 is 6.09 Å². The van der Waals surface area contributed by atoms with Crippen molar-refractivity contribution in [1.82, 2.24) is 5.32 Å². The average Bonchev–Trinajstić information content (AvgIpc) is 2.49. The Bertz CT molecular complexity index is 385. The summed E-state index contributed by atoms with van der Waals surface area (Å²) in [6.07, 6.45) is 1.18. The fourth-order valence-electron chi connectivity index (χ4n) is 4.00. The average molecular weight is 269 g/mol. The van der Waals surface area contributed by atoms with Crippen LogP contribution in [-0.2, 0) is 4.74 Å². The Morgan fingerprint density at radius 3 is 2.32 bits per heavy atom. The second-order valence-corrected chi connectivity index (χ2v) is 7.90. The number of amides is 1. The molecule has 2 fully saturated rings. The third-order valence-electron chi connectivity index (χ3n) is 5.49. The van der Waals surface area contributed by atoms with Crippen LogP contribution in [0.4, 0.5) is 4.79 Å². The highest BCUT2D eigenvalue weighted by Gasteiger charge is 2.66. The largest absolute Gasteiger partial charge is 0.444 e. The van der Waals surface area contributed by atoms with Crippen molar-refractivity contribution in [2.45, 2.75) is 72.1 Å². The Morgan fingerprint density at radius 2 is 1.89 bits per heavy atom. The van der Waals surface area contributed by atoms with Crippen LogP contribution in [-0.4, -0.2) is 28.9 Å². The molecule has 2 N–H and O–H groups in total. The summed E-state index contributed by atoms with van der Waals surface area (Å²) in [7, 11) is 0. The van der Waals surface area contributed by atoms with Crippen LogP contribution < -0.4 is 5.32 Å². The van der Waals surface area contributed by atoms with Gasteiger partial charge in [-0.2, -0.15) is 0 Å². The molecule has 19 heavy (non-hydrogen) atoms. The van der Waals surface area contributed by atoms with Crippen molar-refractivity contribution in [3.05, 3.63) is 0 Å². The van der Waals surface area contributed by atoms with E-state index in [2.05, 4.69) is 26.1 Å². The van der Waals surface area contributed by atoms with Crippen molar-refractivity contribution < 1.29 is 14.6 Å². The first-order valence-corrected chi connectivity index (χ1v) is 7.17. The standard InChI is InChI=1S/C15H27NO3/c1-13(2,3)19-12(18)16-11-10(17)9-7-8-15(11,6)14(9,4)5/h9-11,17H,7-8H2,1-6H3,(H,16,18). The number of aliphatic hydroxyl groups excluding tert-OH is 1. The van der Waals surface area contributed by atoms with E-state index in [1.165, 1.54) is 0 Å². The molecule has 2 saturated carbocycles. The number of nitrogens with one attached hydrogen (secondary N) is 1. The Balaban J connectivity index is 2.12. The lowest BCUT2D eigenvalue weighted by Gasteiger charge is -2.39. The Morgan fingerprint density at radius 1 is 1.32 bits per heavy atom. The normalized spacial score (nSPS) is 40.3. The highest BCUT2D eigenvalue weighted by atomic mass is 16.6. The van der Waals surface area contributed by atoms with Crippen LogP contribution in [0.25, 0.3) is 0 Å². The van der Waals surface area contributed by atoms with E-state index in [0.717, 1.165) is 12.8 Å². The summed E-state index contributed by atoms with van der Waals surface area (Å²) in [5, 5.41) is 13.4. The maximum absolute atomic E-state index is 11.9. The highest BCUT2D eigenvalue weighted by Crippen LogP contribution is 2.65.